The molecular formula is C26H20N4O4. The van der Waals surface area contributed by atoms with Crippen molar-refractivity contribution in [3.63, 3.8) is 0 Å². The summed E-state index contributed by atoms with van der Waals surface area (Å²) in [5, 5.41) is 17.2. The summed E-state index contributed by atoms with van der Waals surface area (Å²) in [5.74, 6) is 1.40. The summed E-state index contributed by atoms with van der Waals surface area (Å²) in [6.45, 7) is 1.15. The van der Waals surface area contributed by atoms with E-state index < -0.39 is 5.91 Å². The molecule has 1 aliphatic rings. The Morgan fingerprint density at radius 3 is 2.68 bits per heavy atom. The normalized spacial score (nSPS) is 12.7. The Balaban J connectivity index is 1.53. The average Bonchev–Trinajstić information content (AvgIpc) is 3.56. The first kappa shape index (κ1) is 21.1. The minimum atomic E-state index is -0.500. The van der Waals surface area contributed by atoms with Gasteiger partial charge in [-0.1, -0.05) is 18.2 Å². The molecule has 1 N–H and O–H groups in total. The minimum Gasteiger partial charge on any atom is -0.486 e. The molecule has 1 aliphatic heterocycles. The zero-order valence-electron chi connectivity index (χ0n) is 18.1. The molecule has 2 aromatic heterocycles. The Morgan fingerprint density at radius 1 is 1.09 bits per heavy atom. The molecule has 34 heavy (non-hydrogen) atoms. The molecule has 0 spiro atoms. The van der Waals surface area contributed by atoms with Crippen molar-refractivity contribution in [1.29, 1.82) is 5.26 Å². The first-order valence-electron chi connectivity index (χ1n) is 10.7. The van der Waals surface area contributed by atoms with E-state index in [0.29, 0.717) is 41.7 Å². The van der Waals surface area contributed by atoms with Crippen LogP contribution >= 0.6 is 0 Å². The van der Waals surface area contributed by atoms with Gasteiger partial charge in [-0.3, -0.25) is 4.79 Å². The molecule has 3 heterocycles. The van der Waals surface area contributed by atoms with Gasteiger partial charge < -0.3 is 19.2 Å². The van der Waals surface area contributed by atoms with Crippen LogP contribution in [0.3, 0.4) is 0 Å². The Morgan fingerprint density at radius 2 is 1.91 bits per heavy atom. The molecule has 0 atom stereocenters. The maximum atomic E-state index is 12.7. The van der Waals surface area contributed by atoms with Crippen molar-refractivity contribution in [2.45, 2.75) is 6.54 Å². The third-order valence-corrected chi connectivity index (χ3v) is 5.25. The molecule has 168 valence electrons. The third-order valence-electron chi connectivity index (χ3n) is 5.25. The lowest BCUT2D eigenvalue weighted by Crippen LogP contribution is -2.23. The van der Waals surface area contributed by atoms with Crippen molar-refractivity contribution in [3.8, 4) is 34.5 Å². The van der Waals surface area contributed by atoms with Crippen LogP contribution in [-0.4, -0.2) is 28.9 Å². The Bertz CT molecular complexity index is 1380. The van der Waals surface area contributed by atoms with E-state index in [0.717, 1.165) is 11.3 Å². The monoisotopic (exact) mass is 452 g/mol. The van der Waals surface area contributed by atoms with Crippen LogP contribution in [0.15, 0.2) is 83.1 Å². The van der Waals surface area contributed by atoms with Crippen LogP contribution in [0.2, 0.25) is 0 Å². The lowest BCUT2D eigenvalue weighted by molar-refractivity contribution is -0.117. The highest BCUT2D eigenvalue weighted by atomic mass is 16.6. The van der Waals surface area contributed by atoms with Crippen LogP contribution < -0.4 is 14.8 Å². The molecule has 8 heteroatoms. The van der Waals surface area contributed by atoms with Gasteiger partial charge in [0.2, 0.25) is 0 Å². The maximum Gasteiger partial charge on any atom is 0.262 e. The topological polar surface area (TPSA) is 102 Å². The summed E-state index contributed by atoms with van der Waals surface area (Å²) in [5.41, 5.74) is 2.80. The van der Waals surface area contributed by atoms with Gasteiger partial charge in [0.25, 0.3) is 5.91 Å². The van der Waals surface area contributed by atoms with Crippen molar-refractivity contribution in [3.05, 3.63) is 90.0 Å². The second kappa shape index (κ2) is 9.38. The fourth-order valence-corrected chi connectivity index (χ4v) is 3.60. The van der Waals surface area contributed by atoms with Gasteiger partial charge in [0.1, 0.15) is 36.3 Å². The number of para-hydroxylation sites is 1. The van der Waals surface area contributed by atoms with E-state index in [9.17, 15) is 10.1 Å². The van der Waals surface area contributed by atoms with Crippen LogP contribution in [0, 0.1) is 11.3 Å². The van der Waals surface area contributed by atoms with Crippen LogP contribution in [0.1, 0.15) is 11.3 Å². The molecule has 0 saturated carbocycles. The van der Waals surface area contributed by atoms with E-state index in [1.807, 2.05) is 54.6 Å². The molecule has 0 unspecified atom stereocenters. The lowest BCUT2D eigenvalue weighted by atomic mass is 10.0. The maximum absolute atomic E-state index is 12.7. The second-order valence-corrected chi connectivity index (χ2v) is 7.50. The Kier molecular flexibility index (Phi) is 5.82. The lowest BCUT2D eigenvalue weighted by Gasteiger charge is -2.18. The summed E-state index contributed by atoms with van der Waals surface area (Å²) in [4.78, 5) is 12.7. The van der Waals surface area contributed by atoms with Crippen molar-refractivity contribution in [2.24, 2.45) is 0 Å². The van der Waals surface area contributed by atoms with Crippen molar-refractivity contribution in [1.82, 2.24) is 15.1 Å². The number of benzene rings is 2. The number of amides is 1. The number of hydrogen-bond acceptors (Lipinski definition) is 6. The largest absolute Gasteiger partial charge is 0.486 e. The van der Waals surface area contributed by atoms with E-state index in [2.05, 4.69) is 5.32 Å². The number of furan rings is 1. The zero-order chi connectivity index (χ0) is 23.3. The van der Waals surface area contributed by atoms with Crippen LogP contribution in [0.25, 0.3) is 23.0 Å². The van der Waals surface area contributed by atoms with Gasteiger partial charge in [-0.25, -0.2) is 4.68 Å². The zero-order valence-corrected chi connectivity index (χ0v) is 18.1. The molecule has 0 aliphatic carbocycles. The summed E-state index contributed by atoms with van der Waals surface area (Å²) in [6, 6.07) is 20.7. The van der Waals surface area contributed by atoms with Gasteiger partial charge in [0.05, 0.1) is 18.5 Å². The summed E-state index contributed by atoms with van der Waals surface area (Å²) >= 11 is 0. The van der Waals surface area contributed by atoms with Gasteiger partial charge in [-0.2, -0.15) is 10.4 Å². The number of nitrogens with one attached hydrogen (secondary N) is 1. The van der Waals surface area contributed by atoms with E-state index in [1.165, 1.54) is 12.3 Å². The van der Waals surface area contributed by atoms with Crippen molar-refractivity contribution >= 4 is 12.0 Å². The van der Waals surface area contributed by atoms with Crippen LogP contribution in [0.5, 0.6) is 11.5 Å². The Hall–Kier alpha value is -4.77. The van der Waals surface area contributed by atoms with Gasteiger partial charge in [0.15, 0.2) is 11.5 Å². The quantitative estimate of drug-likeness (QED) is 0.349. The molecule has 0 saturated heterocycles. The predicted molar refractivity (Wildman–Crippen MR) is 124 cm³/mol. The number of aromatic nitrogens is 2. The van der Waals surface area contributed by atoms with Gasteiger partial charge >= 0.3 is 0 Å². The third kappa shape index (κ3) is 4.40. The van der Waals surface area contributed by atoms with Gasteiger partial charge in [0, 0.05) is 17.3 Å². The molecule has 5 rings (SSSR count). The van der Waals surface area contributed by atoms with Gasteiger partial charge in [-0.15, -0.1) is 0 Å². The average molecular weight is 452 g/mol. The van der Waals surface area contributed by atoms with Crippen molar-refractivity contribution < 1.29 is 18.7 Å². The van der Waals surface area contributed by atoms with E-state index in [-0.39, 0.29) is 12.1 Å². The van der Waals surface area contributed by atoms with Gasteiger partial charge in [-0.05, 0) is 48.5 Å². The SMILES string of the molecule is N#C/C(=C\c1cn(-c2ccccc2)nc1-c1ccc2c(c1)OCCO2)C(=O)NCc1ccco1. The molecular weight excluding hydrogens is 432 g/mol. The number of nitriles is 1. The highest BCUT2D eigenvalue weighted by molar-refractivity contribution is 6.02. The molecule has 1 amide bonds. The highest BCUT2D eigenvalue weighted by Gasteiger charge is 2.18. The van der Waals surface area contributed by atoms with Crippen LogP contribution in [0.4, 0.5) is 0 Å². The smallest absolute Gasteiger partial charge is 0.262 e. The number of fused-ring (bicyclic) bond motifs is 1. The number of carbonyl (C=O) groups is 1. The number of nitrogens with zero attached hydrogens (tertiary/aromatic N) is 3. The van der Waals surface area contributed by atoms with Crippen LogP contribution in [-0.2, 0) is 11.3 Å². The number of carbonyl (C=O) groups excluding carboxylic acids is 1. The molecule has 4 aromatic rings. The predicted octanol–water partition coefficient (Wildman–Crippen LogP) is 4.13. The second-order valence-electron chi connectivity index (χ2n) is 7.50. The summed E-state index contributed by atoms with van der Waals surface area (Å²) in [7, 11) is 0. The molecule has 0 bridgehead atoms. The van der Waals surface area contributed by atoms with E-state index >= 15 is 0 Å². The number of hydrogen-bond donors (Lipinski definition) is 1. The highest BCUT2D eigenvalue weighted by Crippen LogP contribution is 2.35. The fourth-order valence-electron chi connectivity index (χ4n) is 3.60. The molecule has 2 aromatic carbocycles. The number of rotatable bonds is 6. The van der Waals surface area contributed by atoms with Crippen molar-refractivity contribution in [2.75, 3.05) is 13.2 Å². The van der Waals surface area contributed by atoms with E-state index in [4.69, 9.17) is 19.0 Å². The molecule has 0 radical (unpaired) electrons. The van der Waals surface area contributed by atoms with E-state index in [1.54, 1.807) is 23.0 Å². The molecule has 8 nitrogen and oxygen atoms in total. The summed E-state index contributed by atoms with van der Waals surface area (Å²) in [6.07, 6.45) is 4.86. The first-order valence-corrected chi connectivity index (χ1v) is 10.7. The number of ether oxygens (including phenoxy) is 2. The minimum absolute atomic E-state index is 0.0436. The Labute approximate surface area is 195 Å². The molecule has 0 fully saturated rings. The fraction of sp³-hybridized carbons (Fsp3) is 0.115. The standard InChI is InChI=1S/C26H20N4O4/c27-15-19(26(31)28-16-22-7-4-10-32-22)13-20-17-30(21-5-2-1-3-6-21)29-25(20)18-8-9-23-24(14-18)34-12-11-33-23/h1-10,13-14,17H,11-12,16H2,(H,28,31)/b19-13+. The summed E-state index contributed by atoms with van der Waals surface area (Å²) < 4.78 is 18.3. The first-order chi connectivity index (χ1) is 16.7.